The highest BCUT2D eigenvalue weighted by Crippen LogP contribution is 2.30. The second-order valence-corrected chi connectivity index (χ2v) is 3.66. The molecule has 1 unspecified atom stereocenters. The SMILES string of the molecule is CCC1NCCc2c(F)cc(O)cc21. The standard InChI is InChI=1S/C11H14FNO/c1-2-11-9-5-7(14)6-10(12)8(9)3-4-13-11/h5-6,11,13-14H,2-4H2,1H3. The van der Waals surface area contributed by atoms with E-state index < -0.39 is 0 Å². The number of nitrogens with one attached hydrogen (secondary N) is 1. The summed E-state index contributed by atoms with van der Waals surface area (Å²) >= 11 is 0. The number of aromatic hydroxyl groups is 1. The van der Waals surface area contributed by atoms with Crippen LogP contribution in [-0.4, -0.2) is 11.7 Å². The lowest BCUT2D eigenvalue weighted by molar-refractivity contribution is 0.445. The van der Waals surface area contributed by atoms with E-state index in [4.69, 9.17) is 0 Å². The van der Waals surface area contributed by atoms with Crippen LogP contribution in [-0.2, 0) is 6.42 Å². The van der Waals surface area contributed by atoms with Crippen LogP contribution in [0.1, 0.15) is 30.5 Å². The molecule has 0 aliphatic carbocycles. The predicted octanol–water partition coefficient (Wildman–Crippen LogP) is 2.13. The zero-order valence-corrected chi connectivity index (χ0v) is 8.18. The molecular weight excluding hydrogens is 181 g/mol. The third-order valence-electron chi connectivity index (χ3n) is 2.76. The average Bonchev–Trinajstić information content (AvgIpc) is 2.17. The Morgan fingerprint density at radius 2 is 2.36 bits per heavy atom. The van der Waals surface area contributed by atoms with Crippen molar-refractivity contribution in [2.75, 3.05) is 6.54 Å². The Balaban J connectivity index is 2.51. The summed E-state index contributed by atoms with van der Waals surface area (Å²) in [6.45, 7) is 2.86. The summed E-state index contributed by atoms with van der Waals surface area (Å²) in [6.07, 6.45) is 1.62. The molecule has 2 rings (SSSR count). The van der Waals surface area contributed by atoms with Crippen LogP contribution in [0.25, 0.3) is 0 Å². The summed E-state index contributed by atoms with van der Waals surface area (Å²) in [5.41, 5.74) is 1.67. The molecule has 1 aliphatic rings. The van der Waals surface area contributed by atoms with Crippen LogP contribution in [0, 0.1) is 5.82 Å². The van der Waals surface area contributed by atoms with E-state index in [1.165, 1.54) is 6.07 Å². The van der Waals surface area contributed by atoms with Gasteiger partial charge in [-0.2, -0.15) is 0 Å². The maximum atomic E-state index is 13.5. The molecule has 3 heteroatoms. The summed E-state index contributed by atoms with van der Waals surface area (Å²) in [6, 6.07) is 3.04. The maximum absolute atomic E-state index is 13.5. The van der Waals surface area contributed by atoms with Crippen LogP contribution in [0.4, 0.5) is 4.39 Å². The minimum Gasteiger partial charge on any atom is -0.508 e. The largest absolute Gasteiger partial charge is 0.508 e. The number of phenols is 1. The quantitative estimate of drug-likeness (QED) is 0.719. The highest BCUT2D eigenvalue weighted by molar-refractivity contribution is 5.39. The molecule has 0 spiro atoms. The smallest absolute Gasteiger partial charge is 0.130 e. The van der Waals surface area contributed by atoms with Crippen LogP contribution < -0.4 is 5.32 Å². The molecule has 0 radical (unpaired) electrons. The molecule has 2 nitrogen and oxygen atoms in total. The van der Waals surface area contributed by atoms with Gasteiger partial charge >= 0.3 is 0 Å². The van der Waals surface area contributed by atoms with Gasteiger partial charge < -0.3 is 10.4 Å². The van der Waals surface area contributed by atoms with Crippen molar-refractivity contribution in [2.45, 2.75) is 25.8 Å². The molecule has 14 heavy (non-hydrogen) atoms. The monoisotopic (exact) mass is 195 g/mol. The Morgan fingerprint density at radius 1 is 1.57 bits per heavy atom. The van der Waals surface area contributed by atoms with Crippen molar-refractivity contribution in [3.05, 3.63) is 29.1 Å². The molecule has 0 fully saturated rings. The number of hydrogen-bond acceptors (Lipinski definition) is 2. The second-order valence-electron chi connectivity index (χ2n) is 3.66. The van der Waals surface area contributed by atoms with Gasteiger partial charge in [-0.25, -0.2) is 4.39 Å². The van der Waals surface area contributed by atoms with Crippen molar-refractivity contribution in [3.8, 4) is 5.75 Å². The lowest BCUT2D eigenvalue weighted by Gasteiger charge is -2.26. The average molecular weight is 195 g/mol. The van der Waals surface area contributed by atoms with Crippen LogP contribution in [0.15, 0.2) is 12.1 Å². The molecule has 1 heterocycles. The van der Waals surface area contributed by atoms with Gasteiger partial charge in [-0.1, -0.05) is 6.92 Å². The number of hydrogen-bond donors (Lipinski definition) is 2. The van der Waals surface area contributed by atoms with E-state index in [-0.39, 0.29) is 17.6 Å². The molecule has 1 aromatic carbocycles. The van der Waals surface area contributed by atoms with E-state index in [0.717, 1.165) is 24.1 Å². The Bertz CT molecular complexity index is 351. The molecule has 2 N–H and O–H groups in total. The molecule has 76 valence electrons. The van der Waals surface area contributed by atoms with E-state index in [9.17, 15) is 9.50 Å². The number of rotatable bonds is 1. The summed E-state index contributed by atoms with van der Waals surface area (Å²) in [5.74, 6) is -0.261. The number of phenolic OH excluding ortho intramolecular Hbond substituents is 1. The maximum Gasteiger partial charge on any atom is 0.130 e. The van der Waals surface area contributed by atoms with Gasteiger partial charge in [0.1, 0.15) is 11.6 Å². The van der Waals surface area contributed by atoms with E-state index in [2.05, 4.69) is 12.2 Å². The van der Waals surface area contributed by atoms with Gasteiger partial charge in [-0.15, -0.1) is 0 Å². The summed E-state index contributed by atoms with van der Waals surface area (Å²) in [7, 11) is 0. The first-order chi connectivity index (χ1) is 6.72. The minimum absolute atomic E-state index is 0.0170. The predicted molar refractivity (Wildman–Crippen MR) is 52.8 cm³/mol. The Kier molecular flexibility index (Phi) is 2.42. The third-order valence-corrected chi connectivity index (χ3v) is 2.76. The first-order valence-corrected chi connectivity index (χ1v) is 4.97. The van der Waals surface area contributed by atoms with Crippen molar-refractivity contribution in [3.63, 3.8) is 0 Å². The van der Waals surface area contributed by atoms with Crippen LogP contribution in [0.5, 0.6) is 5.75 Å². The van der Waals surface area contributed by atoms with Gasteiger partial charge in [0.15, 0.2) is 0 Å². The number of benzene rings is 1. The highest BCUT2D eigenvalue weighted by Gasteiger charge is 2.21. The van der Waals surface area contributed by atoms with Gasteiger partial charge in [0.2, 0.25) is 0 Å². The fourth-order valence-electron chi connectivity index (χ4n) is 2.06. The van der Waals surface area contributed by atoms with Gasteiger partial charge in [-0.05, 0) is 36.6 Å². The van der Waals surface area contributed by atoms with Crippen LogP contribution >= 0.6 is 0 Å². The molecule has 0 amide bonds. The van der Waals surface area contributed by atoms with Gasteiger partial charge in [0.05, 0.1) is 0 Å². The lowest BCUT2D eigenvalue weighted by Crippen LogP contribution is -2.29. The van der Waals surface area contributed by atoms with Crippen LogP contribution in [0.2, 0.25) is 0 Å². The summed E-state index contributed by atoms with van der Waals surface area (Å²) < 4.78 is 13.5. The molecule has 1 aliphatic heterocycles. The lowest BCUT2D eigenvalue weighted by atomic mass is 9.92. The Labute approximate surface area is 82.8 Å². The van der Waals surface area contributed by atoms with Crippen molar-refractivity contribution < 1.29 is 9.50 Å². The fraction of sp³-hybridized carbons (Fsp3) is 0.455. The van der Waals surface area contributed by atoms with Crippen LogP contribution in [0.3, 0.4) is 0 Å². The number of fused-ring (bicyclic) bond motifs is 1. The van der Waals surface area contributed by atoms with Gasteiger partial charge in [0, 0.05) is 12.1 Å². The highest BCUT2D eigenvalue weighted by atomic mass is 19.1. The first-order valence-electron chi connectivity index (χ1n) is 4.97. The van der Waals surface area contributed by atoms with Gasteiger partial charge in [0.25, 0.3) is 0 Å². The van der Waals surface area contributed by atoms with Crippen molar-refractivity contribution in [1.29, 1.82) is 0 Å². The van der Waals surface area contributed by atoms with E-state index >= 15 is 0 Å². The van der Waals surface area contributed by atoms with Crippen molar-refractivity contribution in [1.82, 2.24) is 5.32 Å². The molecule has 1 atom stereocenters. The zero-order chi connectivity index (χ0) is 10.1. The van der Waals surface area contributed by atoms with E-state index in [1.807, 2.05) is 0 Å². The molecule has 1 aromatic rings. The van der Waals surface area contributed by atoms with Crippen molar-refractivity contribution in [2.24, 2.45) is 0 Å². The first kappa shape index (κ1) is 9.46. The Morgan fingerprint density at radius 3 is 3.07 bits per heavy atom. The molecule has 0 bridgehead atoms. The van der Waals surface area contributed by atoms with Crippen molar-refractivity contribution >= 4 is 0 Å². The summed E-state index contributed by atoms with van der Waals surface area (Å²) in [4.78, 5) is 0. The molecular formula is C11H14FNO. The topological polar surface area (TPSA) is 32.3 Å². The third kappa shape index (κ3) is 1.48. The summed E-state index contributed by atoms with van der Waals surface area (Å²) in [5, 5.41) is 12.6. The minimum atomic E-state index is -0.278. The Hall–Kier alpha value is -1.09. The molecule has 0 aromatic heterocycles. The number of halogens is 1. The fourth-order valence-corrected chi connectivity index (χ4v) is 2.06. The second kappa shape index (κ2) is 3.58. The molecule has 0 saturated carbocycles. The molecule has 0 saturated heterocycles. The van der Waals surface area contributed by atoms with E-state index in [1.54, 1.807) is 6.07 Å². The zero-order valence-electron chi connectivity index (χ0n) is 8.18. The van der Waals surface area contributed by atoms with E-state index in [0.29, 0.717) is 6.42 Å². The van der Waals surface area contributed by atoms with Gasteiger partial charge in [-0.3, -0.25) is 0 Å². The normalized spacial score (nSPS) is 20.6.